The van der Waals surface area contributed by atoms with Crippen LogP contribution in [0.3, 0.4) is 0 Å². The number of hydrogen-bond acceptors (Lipinski definition) is 8. The Morgan fingerprint density at radius 2 is 2.12 bits per heavy atom. The number of pyridine rings is 2. The lowest BCUT2D eigenvalue weighted by Gasteiger charge is -2.13. The molecule has 2 N–H and O–H groups in total. The molecule has 0 spiro atoms. The van der Waals surface area contributed by atoms with Crippen molar-refractivity contribution in [3.63, 3.8) is 0 Å². The van der Waals surface area contributed by atoms with Crippen LogP contribution in [0.2, 0.25) is 0 Å². The fraction of sp³-hybridized carbons (Fsp3) is 0.455. The Kier molecular flexibility index (Phi) is 9.61. The van der Waals surface area contributed by atoms with Crippen molar-refractivity contribution in [3.8, 4) is 5.88 Å². The molecule has 0 radical (unpaired) electrons. The number of aromatic nitrogens is 2. The predicted molar refractivity (Wildman–Crippen MR) is 118 cm³/mol. The van der Waals surface area contributed by atoms with E-state index in [0.29, 0.717) is 17.8 Å². The number of nitroso groups, excluding NO2 is 1. The second-order valence-electron chi connectivity index (χ2n) is 7.42. The minimum Gasteiger partial charge on any atom is -0.471 e. The molecule has 2 aromatic rings. The lowest BCUT2D eigenvalue weighted by Crippen LogP contribution is -2.34. The standard InChI is InChI=1S/C22H29F2N5O3/c1-5-15(2)18-6-7-26-20(12-32-29-14-28-30)19(18)11-25-9-17-8-16(3)21(27-10-17)31-13-22(4,23)24/h6-8,10-11,25,29H,5,9,12-14H2,1-4H3/b18-15-,19-11+. The molecule has 0 aliphatic carbocycles. The van der Waals surface area contributed by atoms with Gasteiger partial charge in [0.1, 0.15) is 6.61 Å². The number of ether oxygens (including phenoxy) is 1. The van der Waals surface area contributed by atoms with Crippen molar-refractivity contribution < 1.29 is 18.4 Å². The molecule has 0 fully saturated rings. The summed E-state index contributed by atoms with van der Waals surface area (Å²) in [6.07, 6.45) is 6.04. The van der Waals surface area contributed by atoms with Crippen LogP contribution in [-0.2, 0) is 18.0 Å². The third kappa shape index (κ3) is 7.93. The Labute approximate surface area is 185 Å². The molecule has 174 valence electrons. The first-order valence-corrected chi connectivity index (χ1v) is 10.2. The SMILES string of the molecule is CC/C(C)=c1/ccnc(CONCN=O)/c1=C/NCc1cnc(OCC(C)(F)F)c(C)c1. The number of rotatable bonds is 12. The molecular weight excluding hydrogens is 420 g/mol. The first-order valence-electron chi connectivity index (χ1n) is 10.2. The Morgan fingerprint density at radius 3 is 2.78 bits per heavy atom. The molecule has 2 heterocycles. The number of hydrogen-bond donors (Lipinski definition) is 2. The first kappa shape index (κ1) is 25.3. The van der Waals surface area contributed by atoms with Crippen molar-refractivity contribution in [2.75, 3.05) is 13.3 Å². The Balaban J connectivity index is 2.19. The minimum absolute atomic E-state index is 0.154. The van der Waals surface area contributed by atoms with Crippen LogP contribution in [0.1, 0.15) is 44.0 Å². The number of halogens is 2. The summed E-state index contributed by atoms with van der Waals surface area (Å²) in [6.45, 7) is 6.44. The Morgan fingerprint density at radius 1 is 1.34 bits per heavy atom. The van der Waals surface area contributed by atoms with E-state index in [0.717, 1.165) is 29.3 Å². The molecule has 8 nitrogen and oxygen atoms in total. The second-order valence-corrected chi connectivity index (χ2v) is 7.42. The van der Waals surface area contributed by atoms with Crippen LogP contribution in [0, 0.1) is 11.8 Å². The average molecular weight is 450 g/mol. The van der Waals surface area contributed by atoms with E-state index in [4.69, 9.17) is 9.57 Å². The molecule has 2 aromatic heterocycles. The predicted octanol–water partition coefficient (Wildman–Crippen LogP) is 2.67. The van der Waals surface area contributed by atoms with Gasteiger partial charge in [0.25, 0.3) is 5.92 Å². The van der Waals surface area contributed by atoms with Gasteiger partial charge in [0.15, 0.2) is 13.3 Å². The maximum atomic E-state index is 13.0. The van der Waals surface area contributed by atoms with E-state index in [-0.39, 0.29) is 19.2 Å². The van der Waals surface area contributed by atoms with Crippen molar-refractivity contribution >= 4 is 11.8 Å². The highest BCUT2D eigenvalue weighted by Crippen LogP contribution is 2.19. The van der Waals surface area contributed by atoms with Crippen molar-refractivity contribution in [3.05, 3.63) is 56.7 Å². The van der Waals surface area contributed by atoms with Gasteiger partial charge < -0.3 is 10.1 Å². The number of nitrogens with zero attached hydrogens (tertiary/aromatic N) is 3. The summed E-state index contributed by atoms with van der Waals surface area (Å²) in [5.41, 5.74) is 5.89. The van der Waals surface area contributed by atoms with Gasteiger partial charge in [-0.15, -0.1) is 4.91 Å². The van der Waals surface area contributed by atoms with Gasteiger partial charge >= 0.3 is 0 Å². The summed E-state index contributed by atoms with van der Waals surface area (Å²) in [6, 6.07) is 3.78. The zero-order valence-corrected chi connectivity index (χ0v) is 18.7. The molecule has 0 saturated carbocycles. The zero-order chi connectivity index (χ0) is 23.6. The third-order valence-electron chi connectivity index (χ3n) is 4.60. The van der Waals surface area contributed by atoms with Gasteiger partial charge in [-0.25, -0.2) is 13.8 Å². The smallest absolute Gasteiger partial charge is 0.278 e. The molecule has 10 heteroatoms. The van der Waals surface area contributed by atoms with E-state index in [1.54, 1.807) is 19.3 Å². The maximum absolute atomic E-state index is 13.0. The summed E-state index contributed by atoms with van der Waals surface area (Å²) in [4.78, 5) is 24.0. The average Bonchev–Trinajstić information content (AvgIpc) is 2.75. The van der Waals surface area contributed by atoms with Crippen molar-refractivity contribution in [1.82, 2.24) is 20.8 Å². The highest BCUT2D eigenvalue weighted by Gasteiger charge is 2.22. The molecule has 0 atom stereocenters. The molecule has 0 aliphatic heterocycles. The normalized spacial score (nSPS) is 13.1. The van der Waals surface area contributed by atoms with Gasteiger partial charge in [0.2, 0.25) is 5.88 Å². The lowest BCUT2D eigenvalue weighted by atomic mass is 10.1. The van der Waals surface area contributed by atoms with Crippen molar-refractivity contribution in [2.45, 2.75) is 53.2 Å². The van der Waals surface area contributed by atoms with Crippen LogP contribution in [0.25, 0.3) is 11.8 Å². The van der Waals surface area contributed by atoms with E-state index in [9.17, 15) is 13.7 Å². The molecule has 0 saturated heterocycles. The first-order chi connectivity index (χ1) is 15.2. The topological polar surface area (TPSA) is 97.7 Å². The third-order valence-corrected chi connectivity index (χ3v) is 4.60. The summed E-state index contributed by atoms with van der Waals surface area (Å²) < 4.78 is 31.1. The maximum Gasteiger partial charge on any atom is 0.278 e. The quantitative estimate of drug-likeness (QED) is 0.292. The zero-order valence-electron chi connectivity index (χ0n) is 18.7. The van der Waals surface area contributed by atoms with Crippen LogP contribution in [-0.4, -0.2) is 29.2 Å². The van der Waals surface area contributed by atoms with Crippen LogP contribution < -0.4 is 26.0 Å². The number of aryl methyl sites for hydroxylation is 1. The molecule has 32 heavy (non-hydrogen) atoms. The van der Waals surface area contributed by atoms with E-state index < -0.39 is 12.5 Å². The van der Waals surface area contributed by atoms with Crippen molar-refractivity contribution in [1.29, 1.82) is 0 Å². The Hall–Kier alpha value is -2.98. The van der Waals surface area contributed by atoms with Crippen LogP contribution >= 0.6 is 0 Å². The molecule has 0 unspecified atom stereocenters. The summed E-state index contributed by atoms with van der Waals surface area (Å²) in [5.74, 6) is -2.72. The Bertz CT molecular complexity index is 1030. The molecule has 0 amide bonds. The highest BCUT2D eigenvalue weighted by atomic mass is 19.3. The van der Waals surface area contributed by atoms with E-state index in [2.05, 4.69) is 39.8 Å². The lowest BCUT2D eigenvalue weighted by molar-refractivity contribution is -0.0244. The van der Waals surface area contributed by atoms with Crippen molar-refractivity contribution in [2.24, 2.45) is 5.18 Å². The fourth-order valence-corrected chi connectivity index (χ4v) is 2.88. The van der Waals surface area contributed by atoms with E-state index >= 15 is 0 Å². The monoisotopic (exact) mass is 449 g/mol. The van der Waals surface area contributed by atoms with Gasteiger partial charge in [-0.05, 0) is 43.2 Å². The highest BCUT2D eigenvalue weighted by molar-refractivity contribution is 5.44. The number of alkyl halides is 2. The van der Waals surface area contributed by atoms with Crippen LogP contribution in [0.4, 0.5) is 8.78 Å². The van der Waals surface area contributed by atoms with E-state index in [1.165, 1.54) is 5.57 Å². The summed E-state index contributed by atoms with van der Waals surface area (Å²) in [7, 11) is 0. The molecule has 0 bridgehead atoms. The van der Waals surface area contributed by atoms with E-state index in [1.807, 2.05) is 18.3 Å². The molecule has 0 aromatic carbocycles. The second kappa shape index (κ2) is 12.2. The van der Waals surface area contributed by atoms with Gasteiger partial charge in [-0.2, -0.15) is 5.48 Å². The largest absolute Gasteiger partial charge is 0.471 e. The van der Waals surface area contributed by atoms with Crippen LogP contribution in [0.15, 0.2) is 29.7 Å². The van der Waals surface area contributed by atoms with Gasteiger partial charge in [-0.1, -0.05) is 17.7 Å². The summed E-state index contributed by atoms with van der Waals surface area (Å²) >= 11 is 0. The minimum atomic E-state index is -2.92. The number of hydroxylamine groups is 1. The molecule has 0 aliphatic rings. The van der Waals surface area contributed by atoms with Gasteiger partial charge in [0, 0.05) is 42.8 Å². The van der Waals surface area contributed by atoms with Gasteiger partial charge in [0.05, 0.1) is 5.69 Å². The van der Waals surface area contributed by atoms with Gasteiger partial charge in [-0.3, -0.25) is 9.82 Å². The van der Waals surface area contributed by atoms with Crippen LogP contribution in [0.5, 0.6) is 5.88 Å². The molecular formula is C22H29F2N5O3. The summed E-state index contributed by atoms with van der Waals surface area (Å²) in [5, 5.41) is 7.86. The number of nitrogens with one attached hydrogen (secondary N) is 2. The molecule has 2 rings (SSSR count). The fourth-order valence-electron chi connectivity index (χ4n) is 2.88.